The number of aliphatic hydroxyl groups excluding tert-OH is 1. The first-order chi connectivity index (χ1) is 15.3. The van der Waals surface area contributed by atoms with Crippen LogP contribution in [0.5, 0.6) is 0 Å². The van der Waals surface area contributed by atoms with Gasteiger partial charge in [-0.2, -0.15) is 0 Å². The maximum absolute atomic E-state index is 12.3. The van der Waals surface area contributed by atoms with E-state index < -0.39 is 57.8 Å². The zero-order valence-corrected chi connectivity index (χ0v) is 26.8. The lowest BCUT2D eigenvalue weighted by atomic mass is 9.83. The topological polar surface area (TPSA) is 103 Å². The van der Waals surface area contributed by atoms with Gasteiger partial charge in [0.15, 0.2) is 25.0 Å². The molecule has 8 nitrogen and oxygen atoms in total. The summed E-state index contributed by atoms with van der Waals surface area (Å²) in [5, 5.41) is 13.0. The minimum Gasteiger partial charge on any atom is -0.458 e. The van der Waals surface area contributed by atoms with Gasteiger partial charge >= 0.3 is 14.8 Å². The number of carbonyl (C=O) groups excluding carboxylic acids is 2. The Balaban J connectivity index is 3.19. The van der Waals surface area contributed by atoms with Crippen molar-refractivity contribution in [3.05, 3.63) is 12.7 Å². The quantitative estimate of drug-likeness (QED) is 0.213. The molecule has 1 rings (SSSR count). The third-order valence-electron chi connectivity index (χ3n) is 5.28. The van der Waals surface area contributed by atoms with E-state index in [0.717, 1.165) is 12.5 Å². The predicted octanol–water partition coefficient (Wildman–Crippen LogP) is 4.24. The van der Waals surface area contributed by atoms with E-state index >= 15 is 0 Å². The van der Waals surface area contributed by atoms with Gasteiger partial charge < -0.3 is 27.5 Å². The molecule has 0 aromatic rings. The molecule has 0 bridgehead atoms. The van der Waals surface area contributed by atoms with Gasteiger partial charge in [-0.1, -0.05) is 13.5 Å². The molecule has 1 fully saturated rings. The van der Waals surface area contributed by atoms with Gasteiger partial charge in [0.2, 0.25) is 5.91 Å². The number of hydrogen-bond acceptors (Lipinski definition) is 7. The molecule has 4 atom stereocenters. The fraction of sp³-hybridized carbons (Fsp3) is 0.818. The normalized spacial score (nSPS) is 23.2. The van der Waals surface area contributed by atoms with E-state index in [2.05, 4.69) is 77.7 Å². The number of esters is 1. The highest BCUT2D eigenvalue weighted by molar-refractivity contribution is 6.90. The largest absolute Gasteiger partial charge is 0.472 e. The molecule has 4 unspecified atom stereocenters. The Hall–Kier alpha value is -0.612. The van der Waals surface area contributed by atoms with E-state index in [4.69, 9.17) is 17.1 Å². The van der Waals surface area contributed by atoms with E-state index in [1.54, 1.807) is 0 Å². The van der Waals surface area contributed by atoms with Gasteiger partial charge in [0.1, 0.15) is 12.6 Å². The molecular weight excluding hydrogens is 503 g/mol. The zero-order chi connectivity index (χ0) is 26.5. The van der Waals surface area contributed by atoms with E-state index in [0.29, 0.717) is 12.8 Å². The van der Waals surface area contributed by atoms with Crippen LogP contribution >= 0.6 is 0 Å². The maximum atomic E-state index is 12.3. The fourth-order valence-electron chi connectivity index (χ4n) is 4.08. The van der Waals surface area contributed by atoms with Crippen LogP contribution in [-0.2, 0) is 26.7 Å². The second-order valence-electron chi connectivity index (χ2n) is 12.1. The first-order valence-electron chi connectivity index (χ1n) is 12.2. The molecular formula is C22H47NO7Si4. The molecule has 12 heteroatoms. The summed E-state index contributed by atoms with van der Waals surface area (Å²) in [7, 11) is -9.21. The molecule has 1 aliphatic rings. The lowest BCUT2D eigenvalue weighted by Crippen LogP contribution is -2.64. The SMILES string of the molecule is C=CC(=O)NCC(=O)OC1CC(C(C)[Si](O[Si](C)(C)C)(O[Si](C)(C)C)O[Si](C)(C)C)CCC1O. The van der Waals surface area contributed by atoms with Gasteiger partial charge in [0.25, 0.3) is 0 Å². The second-order valence-corrected chi connectivity index (χ2v) is 29.4. The molecule has 0 aromatic carbocycles. The van der Waals surface area contributed by atoms with Crippen LogP contribution in [0.3, 0.4) is 0 Å². The monoisotopic (exact) mass is 549 g/mol. The van der Waals surface area contributed by atoms with Crippen molar-refractivity contribution in [2.45, 2.75) is 103 Å². The molecule has 0 spiro atoms. The molecule has 0 saturated heterocycles. The first-order valence-corrected chi connectivity index (χ1v) is 24.2. The highest BCUT2D eigenvalue weighted by Gasteiger charge is 2.57. The Morgan fingerprint density at radius 3 is 1.85 bits per heavy atom. The van der Waals surface area contributed by atoms with Gasteiger partial charge in [0, 0.05) is 5.54 Å². The van der Waals surface area contributed by atoms with Crippen molar-refractivity contribution in [3.63, 3.8) is 0 Å². The second kappa shape index (κ2) is 12.1. The van der Waals surface area contributed by atoms with E-state index in [1.165, 1.54) is 0 Å². The van der Waals surface area contributed by atoms with Crippen LogP contribution in [0.1, 0.15) is 26.2 Å². The smallest absolute Gasteiger partial charge is 0.458 e. The average molecular weight is 550 g/mol. The molecule has 34 heavy (non-hydrogen) atoms. The van der Waals surface area contributed by atoms with Gasteiger partial charge in [-0.3, -0.25) is 9.59 Å². The van der Waals surface area contributed by atoms with E-state index in [9.17, 15) is 14.7 Å². The Kier molecular flexibility index (Phi) is 11.2. The van der Waals surface area contributed by atoms with Crippen molar-refractivity contribution < 1.29 is 31.8 Å². The summed E-state index contributed by atoms with van der Waals surface area (Å²) in [5.74, 6) is -0.912. The summed E-state index contributed by atoms with van der Waals surface area (Å²) in [5.41, 5.74) is -0.00755. The molecule has 198 valence electrons. The minimum atomic E-state index is -3.12. The highest BCUT2D eigenvalue weighted by Crippen LogP contribution is 2.44. The highest BCUT2D eigenvalue weighted by atomic mass is 28.5. The van der Waals surface area contributed by atoms with Crippen LogP contribution in [0.2, 0.25) is 64.5 Å². The number of carbonyl (C=O) groups is 2. The number of amides is 1. The van der Waals surface area contributed by atoms with E-state index in [1.807, 2.05) is 0 Å². The predicted molar refractivity (Wildman–Crippen MR) is 145 cm³/mol. The van der Waals surface area contributed by atoms with Crippen molar-refractivity contribution in [2.75, 3.05) is 6.54 Å². The van der Waals surface area contributed by atoms with Crippen LogP contribution in [-0.4, -0.2) is 69.5 Å². The van der Waals surface area contributed by atoms with Gasteiger partial charge in [-0.25, -0.2) is 0 Å². The summed E-state index contributed by atoms with van der Waals surface area (Å²) < 4.78 is 26.2. The van der Waals surface area contributed by atoms with Crippen molar-refractivity contribution in [1.29, 1.82) is 0 Å². The molecule has 1 aliphatic carbocycles. The summed E-state index contributed by atoms with van der Waals surface area (Å²) in [6.07, 6.45) is 1.50. The number of nitrogens with one attached hydrogen (secondary N) is 1. The van der Waals surface area contributed by atoms with Crippen LogP contribution in [0.4, 0.5) is 0 Å². The molecule has 0 aliphatic heterocycles. The standard InChI is InChI=1S/C22H47NO7Si4/c1-12-21(25)23-16-22(26)27-20-15-18(13-14-19(20)24)17(2)34(28-31(3,4)5,29-32(6,7)8)30-33(9,10)11/h12,17-20,24H,1,13-16H2,2-11H3,(H,23,25). The number of ether oxygens (including phenoxy) is 1. The number of rotatable bonds is 12. The van der Waals surface area contributed by atoms with Gasteiger partial charge in [-0.15, -0.1) is 0 Å². The summed E-state index contributed by atoms with van der Waals surface area (Å²) >= 11 is 0. The number of hydrogen-bond donors (Lipinski definition) is 2. The Morgan fingerprint density at radius 1 is 0.971 bits per heavy atom. The Labute approximate surface area is 210 Å². The van der Waals surface area contributed by atoms with Crippen LogP contribution in [0.25, 0.3) is 0 Å². The van der Waals surface area contributed by atoms with E-state index in [-0.39, 0.29) is 18.0 Å². The summed E-state index contributed by atoms with van der Waals surface area (Å²) in [6.45, 7) is 24.7. The summed E-state index contributed by atoms with van der Waals surface area (Å²) in [4.78, 5) is 23.6. The lowest BCUT2D eigenvalue weighted by Gasteiger charge is -2.48. The molecule has 1 saturated carbocycles. The zero-order valence-electron chi connectivity index (χ0n) is 22.8. The summed E-state index contributed by atoms with van der Waals surface area (Å²) in [6, 6.07) is 0. The Morgan fingerprint density at radius 2 is 1.44 bits per heavy atom. The van der Waals surface area contributed by atoms with Crippen LogP contribution in [0, 0.1) is 5.92 Å². The molecule has 0 heterocycles. The van der Waals surface area contributed by atoms with Crippen molar-refractivity contribution in [3.8, 4) is 0 Å². The lowest BCUT2D eigenvalue weighted by molar-refractivity contribution is -0.158. The van der Waals surface area contributed by atoms with Crippen LogP contribution < -0.4 is 5.32 Å². The molecule has 2 N–H and O–H groups in total. The van der Waals surface area contributed by atoms with Crippen molar-refractivity contribution in [1.82, 2.24) is 5.32 Å². The first kappa shape index (κ1) is 31.4. The molecule has 0 aromatic heterocycles. The van der Waals surface area contributed by atoms with Gasteiger partial charge in [-0.05, 0) is 90.2 Å². The molecule has 1 amide bonds. The van der Waals surface area contributed by atoms with Crippen molar-refractivity contribution >= 4 is 45.6 Å². The average Bonchev–Trinajstić information content (AvgIpc) is 2.63. The third-order valence-corrected chi connectivity index (χ3v) is 17.6. The Bertz CT molecular complexity index is 675. The van der Waals surface area contributed by atoms with Crippen molar-refractivity contribution in [2.24, 2.45) is 5.92 Å². The van der Waals surface area contributed by atoms with Gasteiger partial charge in [0.05, 0.1) is 6.10 Å². The fourth-order valence-corrected chi connectivity index (χ4v) is 19.1. The minimum absolute atomic E-state index is 0.00755. The third kappa shape index (κ3) is 11.0. The number of aliphatic hydroxyl groups is 1. The van der Waals surface area contributed by atoms with Crippen LogP contribution in [0.15, 0.2) is 12.7 Å². The maximum Gasteiger partial charge on any atom is 0.472 e. The molecule has 0 radical (unpaired) electrons.